The van der Waals surface area contributed by atoms with Crippen molar-refractivity contribution in [1.82, 2.24) is 10.2 Å². The Morgan fingerprint density at radius 1 is 1.41 bits per heavy atom. The molecule has 1 saturated heterocycles. The Hall–Kier alpha value is -0.290. The molecule has 0 aromatic heterocycles. The average Bonchev–Trinajstić information content (AvgIpc) is 2.70. The van der Waals surface area contributed by atoms with Crippen molar-refractivity contribution in [3.63, 3.8) is 0 Å². The minimum atomic E-state index is -4.01. The molecule has 0 aromatic rings. The van der Waals surface area contributed by atoms with Crippen LogP contribution in [0.2, 0.25) is 0 Å². The number of nitrogens with one attached hydrogen (secondary N) is 1. The molecule has 2 unspecified atom stereocenters. The van der Waals surface area contributed by atoms with Gasteiger partial charge < -0.3 is 5.32 Å². The van der Waals surface area contributed by atoms with E-state index in [0.717, 1.165) is 26.1 Å². The fourth-order valence-corrected chi connectivity index (χ4v) is 2.62. The molecule has 0 amide bonds. The largest absolute Gasteiger partial charge is 0.389 e. The lowest BCUT2D eigenvalue weighted by molar-refractivity contribution is -0.136. The first-order chi connectivity index (χ1) is 7.94. The molecule has 2 nitrogen and oxygen atoms in total. The molecular formula is C12H23F3N2. The van der Waals surface area contributed by atoms with E-state index in [9.17, 15) is 13.2 Å². The van der Waals surface area contributed by atoms with Crippen LogP contribution < -0.4 is 5.32 Å². The summed E-state index contributed by atoms with van der Waals surface area (Å²) in [7, 11) is 0. The van der Waals surface area contributed by atoms with Crippen LogP contribution in [0.5, 0.6) is 0 Å². The lowest BCUT2D eigenvalue weighted by atomic mass is 10.1. The van der Waals surface area contributed by atoms with Crippen molar-refractivity contribution in [3.8, 4) is 0 Å². The molecule has 1 aliphatic rings. The van der Waals surface area contributed by atoms with E-state index >= 15 is 0 Å². The fourth-order valence-electron chi connectivity index (χ4n) is 2.62. The fraction of sp³-hybridized carbons (Fsp3) is 1.00. The minimum absolute atomic E-state index is 0.237. The van der Waals surface area contributed by atoms with Gasteiger partial charge in [-0.1, -0.05) is 6.92 Å². The molecule has 0 aliphatic carbocycles. The highest BCUT2D eigenvalue weighted by Crippen LogP contribution is 2.24. The molecule has 0 saturated carbocycles. The van der Waals surface area contributed by atoms with Gasteiger partial charge in [-0.3, -0.25) is 4.90 Å². The van der Waals surface area contributed by atoms with Gasteiger partial charge in [0, 0.05) is 25.0 Å². The minimum Gasteiger partial charge on any atom is -0.315 e. The third-order valence-corrected chi connectivity index (χ3v) is 3.52. The summed E-state index contributed by atoms with van der Waals surface area (Å²) >= 11 is 0. The summed E-state index contributed by atoms with van der Waals surface area (Å²) in [5.74, 6) is 0. The van der Waals surface area contributed by atoms with Gasteiger partial charge in [0.1, 0.15) is 0 Å². The van der Waals surface area contributed by atoms with Gasteiger partial charge in [-0.15, -0.1) is 0 Å². The summed E-state index contributed by atoms with van der Waals surface area (Å²) in [4.78, 5) is 2.33. The highest BCUT2D eigenvalue weighted by atomic mass is 19.4. The predicted octanol–water partition coefficient (Wildman–Crippen LogP) is 2.79. The van der Waals surface area contributed by atoms with Gasteiger partial charge in [0.2, 0.25) is 0 Å². The summed E-state index contributed by atoms with van der Waals surface area (Å²) in [5, 5.41) is 3.30. The van der Waals surface area contributed by atoms with Crippen molar-refractivity contribution < 1.29 is 13.2 Å². The Balaban J connectivity index is 2.30. The summed E-state index contributed by atoms with van der Waals surface area (Å²) in [6, 6.07) is 0.744. The highest BCUT2D eigenvalue weighted by molar-refractivity contribution is 4.83. The van der Waals surface area contributed by atoms with Crippen LogP contribution in [0, 0.1) is 0 Å². The van der Waals surface area contributed by atoms with Crippen molar-refractivity contribution >= 4 is 0 Å². The van der Waals surface area contributed by atoms with Crippen LogP contribution in [-0.2, 0) is 0 Å². The zero-order chi connectivity index (χ0) is 12.9. The number of rotatable bonds is 6. The van der Waals surface area contributed by atoms with Crippen LogP contribution in [0.15, 0.2) is 0 Å². The maximum atomic E-state index is 12.1. The van der Waals surface area contributed by atoms with E-state index in [1.165, 1.54) is 0 Å². The third-order valence-electron chi connectivity index (χ3n) is 3.52. The van der Waals surface area contributed by atoms with E-state index in [2.05, 4.69) is 17.1 Å². The maximum absolute atomic E-state index is 12.1. The molecule has 17 heavy (non-hydrogen) atoms. The van der Waals surface area contributed by atoms with Gasteiger partial charge in [-0.25, -0.2) is 0 Å². The molecule has 1 rings (SSSR count). The Morgan fingerprint density at radius 3 is 2.59 bits per heavy atom. The second-order valence-electron chi connectivity index (χ2n) is 4.83. The van der Waals surface area contributed by atoms with Gasteiger partial charge in [0.05, 0.1) is 0 Å². The molecule has 0 spiro atoms. The van der Waals surface area contributed by atoms with Crippen LogP contribution >= 0.6 is 0 Å². The van der Waals surface area contributed by atoms with Gasteiger partial charge in [-0.05, 0) is 39.3 Å². The number of likely N-dealkylation sites (N-methyl/N-ethyl adjacent to an activating group) is 1. The smallest absolute Gasteiger partial charge is 0.315 e. The lowest BCUT2D eigenvalue weighted by Crippen LogP contribution is -2.42. The summed E-state index contributed by atoms with van der Waals surface area (Å²) < 4.78 is 36.2. The van der Waals surface area contributed by atoms with Gasteiger partial charge >= 0.3 is 6.18 Å². The molecule has 1 heterocycles. The van der Waals surface area contributed by atoms with E-state index in [0.29, 0.717) is 12.5 Å². The Labute approximate surface area is 102 Å². The zero-order valence-electron chi connectivity index (χ0n) is 10.7. The number of alkyl halides is 3. The molecule has 0 aromatic carbocycles. The number of hydrogen-bond donors (Lipinski definition) is 1. The predicted molar refractivity (Wildman–Crippen MR) is 63.0 cm³/mol. The molecule has 0 radical (unpaired) electrons. The summed E-state index contributed by atoms with van der Waals surface area (Å²) in [6.07, 6.45) is -2.69. The zero-order valence-corrected chi connectivity index (χ0v) is 10.7. The number of hydrogen-bond acceptors (Lipinski definition) is 2. The topological polar surface area (TPSA) is 15.3 Å². The van der Waals surface area contributed by atoms with Gasteiger partial charge in [-0.2, -0.15) is 13.2 Å². The molecule has 2 atom stereocenters. The van der Waals surface area contributed by atoms with Crippen LogP contribution in [0.3, 0.4) is 0 Å². The quantitative estimate of drug-likeness (QED) is 0.782. The Morgan fingerprint density at radius 2 is 2.12 bits per heavy atom. The van der Waals surface area contributed by atoms with Crippen LogP contribution in [0.1, 0.15) is 39.5 Å². The second kappa shape index (κ2) is 6.59. The van der Waals surface area contributed by atoms with Crippen LogP contribution in [-0.4, -0.2) is 42.8 Å². The van der Waals surface area contributed by atoms with Crippen molar-refractivity contribution in [2.75, 3.05) is 19.6 Å². The lowest BCUT2D eigenvalue weighted by Gasteiger charge is -2.33. The van der Waals surface area contributed by atoms with Crippen molar-refractivity contribution in [3.05, 3.63) is 0 Å². The van der Waals surface area contributed by atoms with E-state index in [1.807, 2.05) is 6.92 Å². The van der Waals surface area contributed by atoms with Crippen molar-refractivity contribution in [1.29, 1.82) is 0 Å². The standard InChI is InChI=1S/C12H23F3N2/c1-3-17(11-6-8-16-9-11)10(2)5-4-7-12(13,14)15/h10-11,16H,3-9H2,1-2H3. The molecule has 1 aliphatic heterocycles. The first-order valence-corrected chi connectivity index (χ1v) is 6.47. The van der Waals surface area contributed by atoms with Crippen LogP contribution in [0.25, 0.3) is 0 Å². The number of halogens is 3. The van der Waals surface area contributed by atoms with E-state index < -0.39 is 12.6 Å². The molecule has 5 heteroatoms. The van der Waals surface area contributed by atoms with Gasteiger partial charge in [0.15, 0.2) is 0 Å². The van der Waals surface area contributed by atoms with Crippen molar-refractivity contribution in [2.45, 2.75) is 57.8 Å². The monoisotopic (exact) mass is 252 g/mol. The third kappa shape index (κ3) is 5.25. The first kappa shape index (κ1) is 14.8. The Kier molecular flexibility index (Phi) is 5.73. The molecule has 0 bridgehead atoms. The maximum Gasteiger partial charge on any atom is 0.389 e. The number of nitrogens with zero attached hydrogens (tertiary/aromatic N) is 1. The Bertz CT molecular complexity index is 212. The summed E-state index contributed by atoms with van der Waals surface area (Å²) in [5.41, 5.74) is 0. The summed E-state index contributed by atoms with van der Waals surface area (Å²) in [6.45, 7) is 7.03. The van der Waals surface area contributed by atoms with Gasteiger partial charge in [0.25, 0.3) is 0 Å². The van der Waals surface area contributed by atoms with E-state index in [4.69, 9.17) is 0 Å². The van der Waals surface area contributed by atoms with Crippen LogP contribution in [0.4, 0.5) is 13.2 Å². The molecule has 102 valence electrons. The van der Waals surface area contributed by atoms with E-state index in [1.54, 1.807) is 0 Å². The normalized spacial score (nSPS) is 23.3. The van der Waals surface area contributed by atoms with E-state index in [-0.39, 0.29) is 12.5 Å². The highest BCUT2D eigenvalue weighted by Gasteiger charge is 2.28. The molecular weight excluding hydrogens is 229 g/mol. The molecule has 1 N–H and O–H groups in total. The second-order valence-corrected chi connectivity index (χ2v) is 4.83. The first-order valence-electron chi connectivity index (χ1n) is 6.47. The van der Waals surface area contributed by atoms with Crippen molar-refractivity contribution in [2.24, 2.45) is 0 Å². The average molecular weight is 252 g/mol. The SMILES string of the molecule is CCN(C(C)CCCC(F)(F)F)C1CCNC1. The molecule has 1 fully saturated rings.